The minimum atomic E-state index is -3.43. The molecule has 2 heterocycles. The Balaban J connectivity index is 1.43. The van der Waals surface area contributed by atoms with Crippen molar-refractivity contribution in [3.8, 4) is 0 Å². The van der Waals surface area contributed by atoms with Gasteiger partial charge in [0, 0.05) is 39.3 Å². The Morgan fingerprint density at radius 1 is 0.889 bits per heavy atom. The molecule has 0 atom stereocenters. The summed E-state index contributed by atoms with van der Waals surface area (Å²) in [5.74, 6) is 0.686. The second-order valence-electron chi connectivity index (χ2n) is 7.86. The Morgan fingerprint density at radius 2 is 1.59 bits per heavy atom. The highest BCUT2D eigenvalue weighted by atomic mass is 32.2. The highest BCUT2D eigenvalue weighted by Gasteiger charge is 2.32. The topological polar surface area (TPSA) is 82.2 Å². The van der Waals surface area contributed by atoms with Crippen molar-refractivity contribution in [1.29, 1.82) is 0 Å². The second kappa shape index (κ2) is 10.2. The second-order valence-corrected chi connectivity index (χ2v) is 9.78. The number of ether oxygens (including phenoxy) is 1. The monoisotopic (exact) mass is 402 g/mol. The van der Waals surface area contributed by atoms with Crippen LogP contribution in [0.3, 0.4) is 0 Å². The van der Waals surface area contributed by atoms with Gasteiger partial charge in [0.15, 0.2) is 0 Å². The average molecular weight is 403 g/mol. The zero-order chi connectivity index (χ0) is 19.1. The first-order valence-corrected chi connectivity index (χ1v) is 11.8. The van der Waals surface area contributed by atoms with Crippen molar-refractivity contribution in [2.45, 2.75) is 38.5 Å². The molecule has 9 heteroatoms. The lowest BCUT2D eigenvalue weighted by molar-refractivity contribution is -0.122. The van der Waals surface area contributed by atoms with Gasteiger partial charge in [-0.05, 0) is 31.7 Å². The maximum Gasteiger partial charge on any atom is 0.282 e. The smallest absolute Gasteiger partial charge is 0.282 e. The molecule has 156 valence electrons. The van der Waals surface area contributed by atoms with Gasteiger partial charge in [0.2, 0.25) is 5.91 Å². The van der Waals surface area contributed by atoms with Crippen LogP contribution in [0.5, 0.6) is 0 Å². The Morgan fingerprint density at radius 3 is 2.33 bits per heavy atom. The third-order valence-electron chi connectivity index (χ3n) is 5.85. The number of rotatable bonds is 6. The van der Waals surface area contributed by atoms with Gasteiger partial charge in [-0.2, -0.15) is 17.0 Å². The third-order valence-corrected chi connectivity index (χ3v) is 7.89. The number of carbonyl (C=O) groups excluding carboxylic acids is 1. The van der Waals surface area contributed by atoms with Crippen molar-refractivity contribution in [2.75, 3.05) is 65.6 Å². The van der Waals surface area contributed by atoms with E-state index >= 15 is 0 Å². The zero-order valence-electron chi connectivity index (χ0n) is 16.3. The number of hydrogen-bond donors (Lipinski definition) is 1. The molecular formula is C18H34N4O4S. The molecule has 0 spiro atoms. The van der Waals surface area contributed by atoms with E-state index < -0.39 is 10.2 Å². The van der Waals surface area contributed by atoms with Gasteiger partial charge < -0.3 is 10.1 Å². The molecule has 8 nitrogen and oxygen atoms in total. The van der Waals surface area contributed by atoms with Gasteiger partial charge in [0.1, 0.15) is 0 Å². The van der Waals surface area contributed by atoms with Gasteiger partial charge in [0.05, 0.1) is 19.8 Å². The highest BCUT2D eigenvalue weighted by molar-refractivity contribution is 7.86. The van der Waals surface area contributed by atoms with Crippen molar-refractivity contribution < 1.29 is 17.9 Å². The number of hydrogen-bond acceptors (Lipinski definition) is 5. The minimum Gasteiger partial charge on any atom is -0.379 e. The van der Waals surface area contributed by atoms with E-state index in [9.17, 15) is 13.2 Å². The van der Waals surface area contributed by atoms with Gasteiger partial charge in [-0.15, -0.1) is 0 Å². The molecule has 3 aliphatic rings. The zero-order valence-corrected chi connectivity index (χ0v) is 17.1. The van der Waals surface area contributed by atoms with Crippen LogP contribution in [-0.4, -0.2) is 93.4 Å². The van der Waals surface area contributed by atoms with E-state index in [2.05, 4.69) is 10.2 Å². The summed E-state index contributed by atoms with van der Waals surface area (Å²) in [5, 5.41) is 3.08. The molecule has 1 amide bonds. The Hall–Kier alpha value is -0.740. The first-order chi connectivity index (χ1) is 13.1. The Kier molecular flexibility index (Phi) is 7.89. The Bertz CT molecular complexity index is 574. The summed E-state index contributed by atoms with van der Waals surface area (Å²) in [5.41, 5.74) is 0. The van der Waals surface area contributed by atoms with Gasteiger partial charge in [-0.25, -0.2) is 0 Å². The summed E-state index contributed by atoms with van der Waals surface area (Å²) in [6, 6.07) is 0. The van der Waals surface area contributed by atoms with Crippen molar-refractivity contribution in [3.05, 3.63) is 0 Å². The molecule has 0 bridgehead atoms. The fourth-order valence-corrected chi connectivity index (χ4v) is 5.79. The minimum absolute atomic E-state index is 0.0602. The molecule has 2 saturated heterocycles. The molecular weight excluding hydrogens is 368 g/mol. The Labute approximate surface area is 163 Å². The van der Waals surface area contributed by atoms with Crippen molar-refractivity contribution >= 4 is 16.1 Å². The van der Waals surface area contributed by atoms with Crippen LogP contribution in [0.25, 0.3) is 0 Å². The highest BCUT2D eigenvalue weighted by Crippen LogP contribution is 2.22. The van der Waals surface area contributed by atoms with Gasteiger partial charge in [-0.3, -0.25) is 9.69 Å². The first-order valence-electron chi connectivity index (χ1n) is 10.4. The molecule has 3 rings (SSSR count). The normalized spacial score (nSPS) is 25.2. The van der Waals surface area contributed by atoms with Crippen molar-refractivity contribution in [3.63, 3.8) is 0 Å². The number of nitrogens with one attached hydrogen (secondary N) is 1. The number of carbonyl (C=O) groups is 1. The molecule has 1 aliphatic carbocycles. The molecule has 27 heavy (non-hydrogen) atoms. The van der Waals surface area contributed by atoms with E-state index in [-0.39, 0.29) is 5.91 Å². The molecule has 2 aliphatic heterocycles. The van der Waals surface area contributed by atoms with Crippen LogP contribution in [0, 0.1) is 5.92 Å². The summed E-state index contributed by atoms with van der Waals surface area (Å²) >= 11 is 0. The standard InChI is InChI=1S/C18H34N4O4S/c23-18(19-15-17-5-2-1-3-6-17)16-20-7-4-8-21(10-9-20)27(24,25)22-11-13-26-14-12-22/h17H,1-16H2,(H,19,23). The van der Waals surface area contributed by atoms with E-state index in [0.717, 1.165) is 19.5 Å². The molecule has 0 unspecified atom stereocenters. The summed E-state index contributed by atoms with van der Waals surface area (Å²) in [6.07, 6.45) is 7.07. The third kappa shape index (κ3) is 6.12. The van der Waals surface area contributed by atoms with Gasteiger partial charge in [0.25, 0.3) is 10.2 Å². The van der Waals surface area contributed by atoms with E-state index in [1.807, 2.05) is 0 Å². The summed E-state index contributed by atoms with van der Waals surface area (Å²) in [6.45, 7) is 5.21. The average Bonchev–Trinajstić information content (AvgIpc) is 2.94. The van der Waals surface area contributed by atoms with Crippen LogP contribution in [0.2, 0.25) is 0 Å². The van der Waals surface area contributed by atoms with Crippen molar-refractivity contribution in [2.24, 2.45) is 5.92 Å². The summed E-state index contributed by atoms with van der Waals surface area (Å²) in [4.78, 5) is 14.4. The fraction of sp³-hybridized carbons (Fsp3) is 0.944. The lowest BCUT2D eigenvalue weighted by Gasteiger charge is -2.31. The predicted molar refractivity (Wildman–Crippen MR) is 104 cm³/mol. The number of morpholine rings is 1. The summed E-state index contributed by atoms with van der Waals surface area (Å²) < 4.78 is 33.9. The molecule has 1 saturated carbocycles. The maximum atomic E-state index is 12.8. The van der Waals surface area contributed by atoms with Gasteiger partial charge >= 0.3 is 0 Å². The largest absolute Gasteiger partial charge is 0.379 e. The van der Waals surface area contributed by atoms with E-state index in [1.54, 1.807) is 4.31 Å². The van der Waals surface area contributed by atoms with Crippen LogP contribution in [0.1, 0.15) is 38.5 Å². The van der Waals surface area contributed by atoms with Crippen LogP contribution in [-0.2, 0) is 19.7 Å². The van der Waals surface area contributed by atoms with Crippen LogP contribution in [0.15, 0.2) is 0 Å². The molecule has 1 N–H and O–H groups in total. The van der Waals surface area contributed by atoms with Crippen LogP contribution < -0.4 is 5.32 Å². The van der Waals surface area contributed by atoms with E-state index in [1.165, 1.54) is 36.4 Å². The number of amides is 1. The lowest BCUT2D eigenvalue weighted by Crippen LogP contribution is -2.49. The fourth-order valence-electron chi connectivity index (χ4n) is 4.19. The predicted octanol–water partition coefficient (Wildman–Crippen LogP) is 0.268. The first kappa shape index (κ1) is 21.0. The molecule has 0 aromatic rings. The number of nitrogens with zero attached hydrogens (tertiary/aromatic N) is 3. The summed E-state index contributed by atoms with van der Waals surface area (Å²) in [7, 11) is -3.43. The van der Waals surface area contributed by atoms with Crippen LogP contribution >= 0.6 is 0 Å². The molecule has 0 aromatic heterocycles. The van der Waals surface area contributed by atoms with E-state index in [0.29, 0.717) is 58.4 Å². The van der Waals surface area contributed by atoms with Crippen molar-refractivity contribution in [1.82, 2.24) is 18.8 Å². The van der Waals surface area contributed by atoms with Crippen LogP contribution in [0.4, 0.5) is 0 Å². The maximum absolute atomic E-state index is 12.8. The molecule has 3 fully saturated rings. The quantitative estimate of drug-likeness (QED) is 0.690. The molecule has 0 aromatic carbocycles. The van der Waals surface area contributed by atoms with Gasteiger partial charge in [-0.1, -0.05) is 19.3 Å². The SMILES string of the molecule is O=C(CN1CCCN(S(=O)(=O)N2CCOCC2)CC1)NCC1CCCCC1. The molecule has 0 radical (unpaired) electrons. The van der Waals surface area contributed by atoms with E-state index in [4.69, 9.17) is 4.74 Å². The lowest BCUT2D eigenvalue weighted by atomic mass is 9.89.